The summed E-state index contributed by atoms with van der Waals surface area (Å²) in [6.45, 7) is 0. The average molecular weight is 130 g/mol. The maximum absolute atomic E-state index is 8.25. The first-order valence-corrected chi connectivity index (χ1v) is 0.881. The third-order valence-electron chi connectivity index (χ3n) is 0. The lowest BCUT2D eigenvalue weighted by Gasteiger charge is -1.74. The van der Waals surface area contributed by atoms with Crippen LogP contribution in [0.3, 0.4) is 0 Å². The third kappa shape index (κ3) is 89.3. The minimum absolute atomic E-state index is 0. The lowest BCUT2D eigenvalue weighted by Crippen LogP contribution is -2.02. The summed E-state index contributed by atoms with van der Waals surface area (Å²) in [5.41, 5.74) is 0. The summed E-state index contributed by atoms with van der Waals surface area (Å²) < 4.78 is 0. The van der Waals surface area contributed by atoms with Crippen molar-refractivity contribution in [2.24, 2.45) is 11.7 Å². The van der Waals surface area contributed by atoms with Gasteiger partial charge in [-0.3, -0.25) is 11.7 Å². The largest absolute Gasteiger partial charge is 0.412 e. The van der Waals surface area contributed by atoms with Crippen molar-refractivity contribution in [1.82, 2.24) is 6.15 Å². The van der Waals surface area contributed by atoms with Crippen molar-refractivity contribution in [3.05, 3.63) is 15.3 Å². The van der Waals surface area contributed by atoms with E-state index in [1.165, 1.54) is 0 Å². The van der Waals surface area contributed by atoms with Gasteiger partial charge in [-0.2, -0.15) is 0 Å². The van der Waals surface area contributed by atoms with Gasteiger partial charge in [0.2, 0.25) is 0 Å². The van der Waals surface area contributed by atoms with Crippen LogP contribution in [0.1, 0.15) is 0 Å². The van der Waals surface area contributed by atoms with Crippen LogP contribution in [0.5, 0.6) is 0 Å². The van der Waals surface area contributed by atoms with Gasteiger partial charge in [0.25, 0.3) is 0 Å². The van der Waals surface area contributed by atoms with Crippen molar-refractivity contribution in [1.29, 1.82) is 0 Å². The second kappa shape index (κ2) is 36.9. The van der Waals surface area contributed by atoms with E-state index in [2.05, 4.69) is 11.7 Å². The fraction of sp³-hybridized carbons (Fsp3) is 0. The van der Waals surface area contributed by atoms with Gasteiger partial charge in [0, 0.05) is 0 Å². The molecule has 0 aliphatic rings. The van der Waals surface area contributed by atoms with E-state index in [0.717, 1.165) is 0 Å². The number of hydrogen-bond acceptors (Lipinski definition) is 5. The molecule has 0 spiro atoms. The van der Waals surface area contributed by atoms with E-state index in [0.29, 0.717) is 0 Å². The first-order chi connectivity index (χ1) is 2.73. The number of hydrogen-bond donors (Lipinski definition) is 3. The highest BCUT2D eigenvalue weighted by Crippen LogP contribution is 1.44. The van der Waals surface area contributed by atoms with E-state index in [9.17, 15) is 0 Å². The molecule has 8 heteroatoms. The van der Waals surface area contributed by atoms with Gasteiger partial charge in [-0.15, -0.1) is 0 Å². The predicted molar refractivity (Wildman–Crippen MR) is 28.3 cm³/mol. The monoisotopic (exact) mass is 130 g/mol. The minimum Gasteiger partial charge on any atom is -0.412 e. The Morgan fingerprint density at radius 1 is 1.25 bits per heavy atom. The van der Waals surface area contributed by atoms with Crippen molar-refractivity contribution in [3.63, 3.8) is 0 Å². The molecule has 0 unspecified atom stereocenters. The Labute approximate surface area is 45.0 Å². The Kier molecular flexibility index (Phi) is 128. The highest BCUT2D eigenvalue weighted by atomic mass is 16.9. The van der Waals surface area contributed by atoms with E-state index in [1.54, 1.807) is 0 Å². The Morgan fingerprint density at radius 2 is 1.25 bits per heavy atom. The molecule has 0 saturated heterocycles. The maximum atomic E-state index is 8.25. The first-order valence-electron chi connectivity index (χ1n) is 0.881. The summed E-state index contributed by atoms with van der Waals surface area (Å²) in [7, 11) is 0. The van der Waals surface area contributed by atoms with Gasteiger partial charge in [0.1, 0.15) is 0 Å². The molecule has 10 N–H and O–H groups in total. The van der Waals surface area contributed by atoms with Crippen LogP contribution in [0, 0.1) is 15.3 Å². The molecule has 0 rings (SSSR count). The van der Waals surface area contributed by atoms with Gasteiger partial charge < -0.3 is 26.9 Å². The summed E-state index contributed by atoms with van der Waals surface area (Å²) >= 11 is 0. The zero-order valence-corrected chi connectivity index (χ0v) is 4.33. The summed E-state index contributed by atoms with van der Waals surface area (Å²) in [6.07, 6.45) is 0. The molecule has 54 valence electrons. The normalized spacial score (nSPS) is 3.75. The number of rotatable bonds is 0. The molecule has 0 heterocycles. The van der Waals surface area contributed by atoms with Crippen LogP contribution in [-0.4, -0.2) is 10.6 Å². The summed E-state index contributed by atoms with van der Waals surface area (Å²) in [4.78, 5) is 8.25. The van der Waals surface area contributed by atoms with E-state index < -0.39 is 5.09 Å². The summed E-state index contributed by atoms with van der Waals surface area (Å²) in [5, 5.41) is 14.8. The van der Waals surface area contributed by atoms with Gasteiger partial charge in [0.15, 0.2) is 0 Å². The highest BCUT2D eigenvalue weighted by Gasteiger charge is 1.45. The molecule has 0 radical (unpaired) electrons. The fourth-order valence-corrected chi connectivity index (χ4v) is 0. The van der Waals surface area contributed by atoms with Crippen LogP contribution < -0.4 is 17.8 Å². The Morgan fingerprint density at radius 3 is 1.25 bits per heavy atom. The molecule has 0 fully saturated rings. The standard InChI is InChI=1S/H4N2.NO3.H3N.H2O/c1-2;2-1(3)4;;/h1-2H2;;1H3;1H2/q;-1;;/p+1. The van der Waals surface area contributed by atoms with Crippen molar-refractivity contribution in [2.75, 3.05) is 0 Å². The first kappa shape index (κ1) is 27.8. The lowest BCUT2D eigenvalue weighted by molar-refractivity contribution is -0.402. The number of quaternary nitrogens is 1. The Bertz CT molecular complexity index is 31.0. The van der Waals surface area contributed by atoms with Crippen LogP contribution in [0.4, 0.5) is 0 Å². The van der Waals surface area contributed by atoms with Crippen LogP contribution in [0.25, 0.3) is 0 Å². The second-order valence-corrected chi connectivity index (χ2v) is 0.224. The van der Waals surface area contributed by atoms with Crippen molar-refractivity contribution in [3.8, 4) is 0 Å². The van der Waals surface area contributed by atoms with E-state index in [4.69, 9.17) is 15.3 Å². The smallest absolute Gasteiger partial charge is 0.0689 e. The Balaban J connectivity index is -0.0000000183. The molecular formula is H10N4O4. The summed E-state index contributed by atoms with van der Waals surface area (Å²) in [5.74, 6) is 8.00. The lowest BCUT2D eigenvalue weighted by atomic mass is 13.0. The molecular weight excluding hydrogens is 120 g/mol. The molecule has 0 saturated carbocycles. The van der Waals surface area contributed by atoms with Gasteiger partial charge in [-0.05, 0) is 0 Å². The average Bonchev–Trinajstić information content (AvgIpc) is 1.41. The number of hydrazine groups is 1. The molecule has 0 bridgehead atoms. The molecule has 0 aliphatic heterocycles. The zero-order chi connectivity index (χ0) is 5.58. The minimum atomic E-state index is -1.75. The molecule has 0 aliphatic carbocycles. The van der Waals surface area contributed by atoms with Crippen molar-refractivity contribution >= 4 is 0 Å². The Hall–Kier alpha value is -0.960. The number of nitrogens with zero attached hydrogens (tertiary/aromatic N) is 1. The third-order valence-corrected chi connectivity index (χ3v) is 0. The molecule has 0 aromatic carbocycles. The molecule has 0 aromatic rings. The van der Waals surface area contributed by atoms with E-state index >= 15 is 0 Å². The topological polar surface area (TPSA) is 186 Å². The molecule has 8 nitrogen and oxygen atoms in total. The van der Waals surface area contributed by atoms with Crippen LogP contribution in [0.15, 0.2) is 0 Å². The fourth-order valence-electron chi connectivity index (χ4n) is 0. The zero-order valence-electron chi connectivity index (χ0n) is 4.33. The quantitative estimate of drug-likeness (QED) is 0.196. The van der Waals surface area contributed by atoms with Gasteiger partial charge in [0.05, 0.1) is 5.09 Å². The predicted octanol–water partition coefficient (Wildman–Crippen LogP) is -1.87. The SMILES string of the molecule is NN.O.O=[N+]([O-])[O-].[NH4+]. The number of nitrogens with two attached hydrogens (primary N) is 2. The summed E-state index contributed by atoms with van der Waals surface area (Å²) in [6, 6.07) is 0. The van der Waals surface area contributed by atoms with Crippen molar-refractivity contribution in [2.45, 2.75) is 0 Å². The van der Waals surface area contributed by atoms with E-state index in [1.807, 2.05) is 0 Å². The van der Waals surface area contributed by atoms with Gasteiger partial charge in [-0.25, -0.2) is 0 Å². The highest BCUT2D eigenvalue weighted by molar-refractivity contribution is 4.03. The van der Waals surface area contributed by atoms with Crippen LogP contribution in [0.2, 0.25) is 0 Å². The van der Waals surface area contributed by atoms with Crippen LogP contribution in [-0.2, 0) is 0 Å². The van der Waals surface area contributed by atoms with Gasteiger partial charge >= 0.3 is 0 Å². The second-order valence-electron chi connectivity index (χ2n) is 0.224. The molecule has 0 aromatic heterocycles. The molecule has 0 atom stereocenters. The van der Waals surface area contributed by atoms with Crippen molar-refractivity contribution < 1.29 is 10.6 Å². The molecule has 0 amide bonds. The van der Waals surface area contributed by atoms with Crippen LogP contribution >= 0.6 is 0 Å². The van der Waals surface area contributed by atoms with Gasteiger partial charge in [-0.1, -0.05) is 0 Å². The maximum Gasteiger partial charge on any atom is 0.0689 e. The van der Waals surface area contributed by atoms with E-state index in [-0.39, 0.29) is 11.6 Å². The molecule has 8 heavy (non-hydrogen) atoms.